The molecule has 1 N–H and O–H groups in total. The van der Waals surface area contributed by atoms with Gasteiger partial charge in [0.05, 0.1) is 0 Å². The predicted molar refractivity (Wildman–Crippen MR) is 103 cm³/mol. The molecule has 0 bridgehead atoms. The topological polar surface area (TPSA) is 20.2 Å². The van der Waals surface area contributed by atoms with Gasteiger partial charge in [-0.1, -0.05) is 72.8 Å². The van der Waals surface area contributed by atoms with Crippen LogP contribution < -0.4 is 0 Å². The van der Waals surface area contributed by atoms with Crippen LogP contribution in [0, 0.1) is 12.7 Å². The molecule has 5 rings (SSSR count). The molecule has 26 heavy (non-hydrogen) atoms. The first kappa shape index (κ1) is 15.3. The van der Waals surface area contributed by atoms with E-state index in [-0.39, 0.29) is 5.82 Å². The average Bonchev–Trinajstić information content (AvgIpc) is 2.93. The van der Waals surface area contributed by atoms with Crippen molar-refractivity contribution in [2.24, 2.45) is 0 Å². The van der Waals surface area contributed by atoms with E-state index in [1.54, 1.807) is 6.07 Å². The van der Waals surface area contributed by atoms with Crippen LogP contribution in [0.15, 0.2) is 78.9 Å². The van der Waals surface area contributed by atoms with Gasteiger partial charge in [-0.3, -0.25) is 0 Å². The van der Waals surface area contributed by atoms with Crippen molar-refractivity contribution in [3.63, 3.8) is 0 Å². The molecule has 1 nitrogen and oxygen atoms in total. The second-order valence-corrected chi connectivity index (χ2v) is 6.90. The molecule has 0 aliphatic heterocycles. The minimum Gasteiger partial charge on any atom is -0.376 e. The van der Waals surface area contributed by atoms with Crippen LogP contribution in [0.5, 0.6) is 0 Å². The molecule has 0 spiro atoms. The molecule has 0 heterocycles. The molecule has 4 aromatic carbocycles. The smallest absolute Gasteiger partial charge is 0.145 e. The van der Waals surface area contributed by atoms with Crippen LogP contribution in [0.2, 0.25) is 0 Å². The van der Waals surface area contributed by atoms with Gasteiger partial charge in [-0.2, -0.15) is 0 Å². The molecule has 1 atom stereocenters. The van der Waals surface area contributed by atoms with Crippen molar-refractivity contribution in [2.45, 2.75) is 12.5 Å². The molecular formula is C24H17FO. The molecule has 0 saturated carbocycles. The van der Waals surface area contributed by atoms with Gasteiger partial charge >= 0.3 is 0 Å². The number of halogens is 1. The third kappa shape index (κ3) is 1.82. The summed E-state index contributed by atoms with van der Waals surface area (Å²) in [5.41, 5.74) is 2.92. The Balaban J connectivity index is 1.99. The zero-order valence-corrected chi connectivity index (χ0v) is 14.3. The fourth-order valence-electron chi connectivity index (χ4n) is 4.40. The van der Waals surface area contributed by atoms with Gasteiger partial charge in [-0.05, 0) is 40.5 Å². The van der Waals surface area contributed by atoms with Crippen LogP contribution in [-0.4, -0.2) is 5.11 Å². The van der Waals surface area contributed by atoms with Gasteiger partial charge < -0.3 is 5.11 Å². The zero-order chi connectivity index (χ0) is 17.9. The Kier molecular flexibility index (Phi) is 3.10. The quantitative estimate of drug-likeness (QED) is 0.481. The van der Waals surface area contributed by atoms with Gasteiger partial charge in [-0.15, -0.1) is 0 Å². The molecule has 0 fully saturated rings. The highest BCUT2D eigenvalue weighted by atomic mass is 19.1. The van der Waals surface area contributed by atoms with Crippen LogP contribution >= 0.6 is 0 Å². The van der Waals surface area contributed by atoms with E-state index in [4.69, 9.17) is 0 Å². The molecule has 4 aromatic rings. The van der Waals surface area contributed by atoms with E-state index in [1.807, 2.05) is 73.7 Å². The molecule has 0 radical (unpaired) electrons. The number of hydrogen-bond donors (Lipinski definition) is 1. The minimum atomic E-state index is -1.51. The lowest BCUT2D eigenvalue weighted by molar-refractivity contribution is 0.127. The van der Waals surface area contributed by atoms with Crippen molar-refractivity contribution in [1.29, 1.82) is 0 Å². The summed E-state index contributed by atoms with van der Waals surface area (Å²) < 4.78 is 15.0. The molecular weight excluding hydrogens is 323 g/mol. The number of rotatable bonds is 1. The van der Waals surface area contributed by atoms with Crippen LogP contribution in [0.1, 0.15) is 22.3 Å². The highest BCUT2D eigenvalue weighted by Gasteiger charge is 2.46. The lowest BCUT2D eigenvalue weighted by atomic mass is 9.79. The van der Waals surface area contributed by atoms with Gasteiger partial charge in [0.15, 0.2) is 0 Å². The van der Waals surface area contributed by atoms with Crippen molar-refractivity contribution < 1.29 is 9.50 Å². The maximum atomic E-state index is 15.0. The van der Waals surface area contributed by atoms with E-state index < -0.39 is 5.60 Å². The molecule has 1 aliphatic rings. The van der Waals surface area contributed by atoms with Crippen LogP contribution in [0.25, 0.3) is 21.9 Å². The number of fused-ring (bicyclic) bond motifs is 4. The molecule has 1 unspecified atom stereocenters. The highest BCUT2D eigenvalue weighted by molar-refractivity contribution is 5.92. The highest BCUT2D eigenvalue weighted by Crippen LogP contribution is 2.53. The summed E-state index contributed by atoms with van der Waals surface area (Å²) in [5, 5.41) is 14.1. The van der Waals surface area contributed by atoms with E-state index in [2.05, 4.69) is 0 Å². The van der Waals surface area contributed by atoms with E-state index >= 15 is 4.39 Å². The maximum Gasteiger partial charge on any atom is 0.145 e. The molecule has 0 aromatic heterocycles. The van der Waals surface area contributed by atoms with Gasteiger partial charge in [0.25, 0.3) is 0 Å². The van der Waals surface area contributed by atoms with Crippen molar-refractivity contribution in [2.75, 3.05) is 0 Å². The first-order valence-corrected chi connectivity index (χ1v) is 8.72. The summed E-state index contributed by atoms with van der Waals surface area (Å²) >= 11 is 0. The largest absolute Gasteiger partial charge is 0.376 e. The molecule has 2 heteroatoms. The second kappa shape index (κ2) is 5.26. The third-order valence-electron chi connectivity index (χ3n) is 5.48. The SMILES string of the molecule is Cc1ccc2ccccc2c1C1(O)c2ccccc2-c2cccc(F)c21. The summed E-state index contributed by atoms with van der Waals surface area (Å²) in [6.45, 7) is 1.97. The predicted octanol–water partition coefficient (Wildman–Crippen LogP) is 5.55. The van der Waals surface area contributed by atoms with E-state index in [0.29, 0.717) is 5.56 Å². The normalized spacial score (nSPS) is 18.0. The fraction of sp³-hybridized carbons (Fsp3) is 0.0833. The summed E-state index contributed by atoms with van der Waals surface area (Å²) in [5.74, 6) is -0.381. The van der Waals surface area contributed by atoms with Gasteiger partial charge in [0.2, 0.25) is 0 Å². The van der Waals surface area contributed by atoms with Gasteiger partial charge in [0.1, 0.15) is 11.4 Å². The Bertz CT molecular complexity index is 1180. The number of aliphatic hydroxyl groups is 1. The minimum absolute atomic E-state index is 0.348. The Labute approximate surface area is 151 Å². The van der Waals surface area contributed by atoms with Crippen LogP contribution in [0.3, 0.4) is 0 Å². The van der Waals surface area contributed by atoms with Gasteiger partial charge in [-0.25, -0.2) is 4.39 Å². The Morgan fingerprint density at radius 3 is 2.35 bits per heavy atom. The van der Waals surface area contributed by atoms with E-state index in [1.165, 1.54) is 6.07 Å². The van der Waals surface area contributed by atoms with Crippen molar-refractivity contribution in [1.82, 2.24) is 0 Å². The molecule has 126 valence electrons. The Morgan fingerprint density at radius 2 is 1.46 bits per heavy atom. The molecule has 0 saturated heterocycles. The standard InChI is InChI=1S/C24H17FO/c1-15-13-14-16-7-2-3-8-17(16)22(15)24(26)20-11-5-4-9-18(20)19-10-6-12-21(25)23(19)24/h2-14,26H,1H3. The van der Waals surface area contributed by atoms with Crippen molar-refractivity contribution >= 4 is 10.8 Å². The average molecular weight is 340 g/mol. The molecule has 1 aliphatic carbocycles. The number of aryl methyl sites for hydroxylation is 1. The summed E-state index contributed by atoms with van der Waals surface area (Å²) in [4.78, 5) is 0. The first-order valence-electron chi connectivity index (χ1n) is 8.72. The second-order valence-electron chi connectivity index (χ2n) is 6.90. The Morgan fingerprint density at radius 1 is 0.731 bits per heavy atom. The summed E-state index contributed by atoms with van der Waals surface area (Å²) in [7, 11) is 0. The monoisotopic (exact) mass is 340 g/mol. The molecule has 0 amide bonds. The zero-order valence-electron chi connectivity index (χ0n) is 14.3. The van der Waals surface area contributed by atoms with Crippen LogP contribution in [-0.2, 0) is 5.60 Å². The van der Waals surface area contributed by atoms with Gasteiger partial charge in [0, 0.05) is 16.7 Å². The lowest BCUT2D eigenvalue weighted by Crippen LogP contribution is -2.28. The van der Waals surface area contributed by atoms with Crippen molar-refractivity contribution in [3.8, 4) is 11.1 Å². The third-order valence-corrected chi connectivity index (χ3v) is 5.48. The van der Waals surface area contributed by atoms with Crippen molar-refractivity contribution in [3.05, 3.63) is 107 Å². The summed E-state index contributed by atoms with van der Waals surface area (Å²) in [6.07, 6.45) is 0. The lowest BCUT2D eigenvalue weighted by Gasteiger charge is -2.30. The first-order chi connectivity index (χ1) is 12.6. The van der Waals surface area contributed by atoms with E-state index in [0.717, 1.165) is 38.6 Å². The van der Waals surface area contributed by atoms with Crippen LogP contribution in [0.4, 0.5) is 4.39 Å². The summed E-state index contributed by atoms with van der Waals surface area (Å²) in [6, 6.07) is 24.7. The number of benzene rings is 4. The maximum absolute atomic E-state index is 15.0. The fourth-order valence-corrected chi connectivity index (χ4v) is 4.40. The van der Waals surface area contributed by atoms with E-state index in [9.17, 15) is 5.11 Å². The Hall–Kier alpha value is -2.97. The number of hydrogen-bond acceptors (Lipinski definition) is 1.